The number of hydrogen-bond donors (Lipinski definition) is 1. The van der Waals surface area contributed by atoms with Gasteiger partial charge in [-0.1, -0.05) is 37.0 Å². The zero-order valence-electron chi connectivity index (χ0n) is 12.8. The smallest absolute Gasteiger partial charge is 0.232 e. The number of amides is 1. The number of carbonyl (C=O) groups is 1. The molecule has 0 radical (unpaired) electrons. The third-order valence-corrected chi connectivity index (χ3v) is 6.53. The van der Waals surface area contributed by atoms with E-state index < -0.39 is 0 Å². The highest BCUT2D eigenvalue weighted by Crippen LogP contribution is 2.39. The molecular weight excluding hydrogens is 405 g/mol. The van der Waals surface area contributed by atoms with Gasteiger partial charge in [-0.2, -0.15) is 0 Å². The van der Waals surface area contributed by atoms with Gasteiger partial charge in [0.1, 0.15) is 4.34 Å². The fourth-order valence-electron chi connectivity index (χ4n) is 1.97. The van der Waals surface area contributed by atoms with Gasteiger partial charge in [-0.05, 0) is 6.07 Å². The molecule has 0 unspecified atom stereocenters. The fourth-order valence-corrected chi connectivity index (χ4v) is 5.01. The molecule has 0 aliphatic carbocycles. The predicted octanol–water partition coefficient (Wildman–Crippen LogP) is 5.94. The summed E-state index contributed by atoms with van der Waals surface area (Å²) >= 11 is 16.3. The van der Waals surface area contributed by atoms with E-state index in [1.54, 1.807) is 17.4 Å². The van der Waals surface area contributed by atoms with Gasteiger partial charge in [-0.15, -0.1) is 34.0 Å². The molecule has 0 aromatic carbocycles. The summed E-state index contributed by atoms with van der Waals surface area (Å²) in [5, 5.41) is 8.15. The lowest BCUT2D eigenvalue weighted by Crippen LogP contribution is -2.14. The SMILES string of the molecule is CC(C)c1nc(CC(=O)Nc2nc(-c3cc(Cl)sc3Cl)cs2)cs1. The number of anilines is 1. The lowest BCUT2D eigenvalue weighted by Gasteiger charge is -2.00. The first-order valence-electron chi connectivity index (χ1n) is 7.07. The number of thiophene rings is 1. The largest absolute Gasteiger partial charge is 0.302 e. The third-order valence-electron chi connectivity index (χ3n) is 3.09. The number of nitrogens with zero attached hydrogens (tertiary/aromatic N) is 2. The van der Waals surface area contributed by atoms with Crippen LogP contribution in [-0.2, 0) is 11.2 Å². The fraction of sp³-hybridized carbons (Fsp3) is 0.267. The monoisotopic (exact) mass is 417 g/mol. The maximum Gasteiger partial charge on any atom is 0.232 e. The molecule has 0 bridgehead atoms. The highest BCUT2D eigenvalue weighted by molar-refractivity contribution is 7.20. The molecule has 24 heavy (non-hydrogen) atoms. The summed E-state index contributed by atoms with van der Waals surface area (Å²) in [5.41, 5.74) is 2.27. The van der Waals surface area contributed by atoms with Crippen molar-refractivity contribution in [1.82, 2.24) is 9.97 Å². The Kier molecular flexibility index (Phi) is 5.56. The van der Waals surface area contributed by atoms with E-state index in [0.29, 0.717) is 25.4 Å². The Morgan fingerprint density at radius 2 is 2.04 bits per heavy atom. The van der Waals surface area contributed by atoms with Crippen LogP contribution in [0, 0.1) is 0 Å². The second-order valence-electron chi connectivity index (χ2n) is 5.33. The Labute approximate surface area is 161 Å². The van der Waals surface area contributed by atoms with Crippen molar-refractivity contribution in [3.05, 3.63) is 36.2 Å². The minimum Gasteiger partial charge on any atom is -0.302 e. The number of hydrogen-bond acceptors (Lipinski definition) is 6. The van der Waals surface area contributed by atoms with Crippen molar-refractivity contribution in [2.24, 2.45) is 0 Å². The quantitative estimate of drug-likeness (QED) is 0.558. The average molecular weight is 418 g/mol. The number of thiazole rings is 2. The molecule has 9 heteroatoms. The van der Waals surface area contributed by atoms with E-state index in [-0.39, 0.29) is 12.3 Å². The standard InChI is InChI=1S/C15H13Cl2N3OS3/c1-7(2)14-18-8(5-22-14)3-12(21)20-15-19-10(6-23-15)9-4-11(16)24-13(9)17/h4-7H,3H2,1-2H3,(H,19,20,21). The van der Waals surface area contributed by atoms with Gasteiger partial charge in [0.2, 0.25) is 5.91 Å². The van der Waals surface area contributed by atoms with Gasteiger partial charge in [-0.25, -0.2) is 9.97 Å². The van der Waals surface area contributed by atoms with Crippen molar-refractivity contribution in [3.8, 4) is 11.3 Å². The minimum atomic E-state index is -0.133. The summed E-state index contributed by atoms with van der Waals surface area (Å²) in [6.07, 6.45) is 0.239. The highest BCUT2D eigenvalue weighted by atomic mass is 35.5. The van der Waals surface area contributed by atoms with E-state index >= 15 is 0 Å². The van der Waals surface area contributed by atoms with Crippen molar-refractivity contribution in [3.63, 3.8) is 0 Å². The number of halogens is 2. The first kappa shape index (κ1) is 17.8. The molecule has 0 saturated carbocycles. The van der Waals surface area contributed by atoms with Gasteiger partial charge in [0.05, 0.1) is 27.2 Å². The van der Waals surface area contributed by atoms with Gasteiger partial charge in [0.25, 0.3) is 0 Å². The number of rotatable bonds is 5. The summed E-state index contributed by atoms with van der Waals surface area (Å²) in [5.74, 6) is 0.237. The van der Waals surface area contributed by atoms with Crippen LogP contribution in [0.2, 0.25) is 8.67 Å². The van der Waals surface area contributed by atoms with E-state index in [4.69, 9.17) is 23.2 Å². The van der Waals surface area contributed by atoms with E-state index in [1.807, 2.05) is 10.8 Å². The van der Waals surface area contributed by atoms with Crippen molar-refractivity contribution in [1.29, 1.82) is 0 Å². The van der Waals surface area contributed by atoms with Crippen LogP contribution in [0.1, 0.15) is 30.5 Å². The van der Waals surface area contributed by atoms with Gasteiger partial charge in [0, 0.05) is 22.2 Å². The van der Waals surface area contributed by atoms with Gasteiger partial charge in [0.15, 0.2) is 5.13 Å². The van der Waals surface area contributed by atoms with Crippen LogP contribution in [0.4, 0.5) is 5.13 Å². The van der Waals surface area contributed by atoms with Crippen LogP contribution < -0.4 is 5.32 Å². The maximum absolute atomic E-state index is 12.2. The topological polar surface area (TPSA) is 54.9 Å². The van der Waals surface area contributed by atoms with Crippen LogP contribution in [0.15, 0.2) is 16.8 Å². The number of aromatic nitrogens is 2. The molecule has 0 fully saturated rings. The summed E-state index contributed by atoms with van der Waals surface area (Å²) in [7, 11) is 0. The molecule has 0 aliphatic heterocycles. The first-order valence-corrected chi connectivity index (χ1v) is 10.4. The van der Waals surface area contributed by atoms with E-state index in [9.17, 15) is 4.79 Å². The number of nitrogens with one attached hydrogen (secondary N) is 1. The third kappa shape index (κ3) is 4.15. The van der Waals surface area contributed by atoms with Crippen molar-refractivity contribution >= 4 is 68.3 Å². The average Bonchev–Trinajstić information content (AvgIpc) is 3.19. The second kappa shape index (κ2) is 7.49. The molecule has 0 saturated heterocycles. The molecule has 0 spiro atoms. The molecular formula is C15H13Cl2N3OS3. The zero-order chi connectivity index (χ0) is 17.3. The van der Waals surface area contributed by atoms with Crippen molar-refractivity contribution in [2.45, 2.75) is 26.2 Å². The Hall–Kier alpha value is -0.990. The molecule has 1 amide bonds. The van der Waals surface area contributed by atoms with Gasteiger partial charge < -0.3 is 5.32 Å². The molecule has 3 rings (SSSR count). The van der Waals surface area contributed by atoms with Crippen molar-refractivity contribution in [2.75, 3.05) is 5.32 Å². The highest BCUT2D eigenvalue weighted by Gasteiger charge is 2.14. The van der Waals surface area contributed by atoms with E-state index in [1.165, 1.54) is 22.7 Å². The molecule has 4 nitrogen and oxygen atoms in total. The first-order chi connectivity index (χ1) is 11.4. The molecule has 0 atom stereocenters. The van der Waals surface area contributed by atoms with Crippen LogP contribution in [0.3, 0.4) is 0 Å². The van der Waals surface area contributed by atoms with Gasteiger partial charge >= 0.3 is 0 Å². The molecule has 0 aliphatic rings. The van der Waals surface area contributed by atoms with Gasteiger partial charge in [-0.3, -0.25) is 4.79 Å². The minimum absolute atomic E-state index is 0.133. The zero-order valence-corrected chi connectivity index (χ0v) is 16.8. The Bertz CT molecular complexity index is 869. The summed E-state index contributed by atoms with van der Waals surface area (Å²) < 4.78 is 1.20. The molecule has 3 aromatic heterocycles. The maximum atomic E-state index is 12.2. The Morgan fingerprint density at radius 3 is 2.67 bits per heavy atom. The lowest BCUT2D eigenvalue weighted by molar-refractivity contribution is -0.115. The second-order valence-corrected chi connectivity index (χ2v) is 9.37. The number of carbonyl (C=O) groups excluding carboxylic acids is 1. The Morgan fingerprint density at radius 1 is 1.25 bits per heavy atom. The van der Waals surface area contributed by atoms with Crippen LogP contribution in [-0.4, -0.2) is 15.9 Å². The summed E-state index contributed by atoms with van der Waals surface area (Å²) in [6, 6.07) is 1.78. The molecule has 126 valence electrons. The summed E-state index contributed by atoms with van der Waals surface area (Å²) in [6.45, 7) is 4.17. The normalized spacial score (nSPS) is 11.2. The van der Waals surface area contributed by atoms with Crippen LogP contribution in [0.25, 0.3) is 11.3 Å². The van der Waals surface area contributed by atoms with E-state index in [0.717, 1.165) is 16.3 Å². The van der Waals surface area contributed by atoms with E-state index in [2.05, 4.69) is 29.1 Å². The molecule has 1 N–H and O–H groups in total. The Balaban J connectivity index is 1.65. The summed E-state index contributed by atoms with van der Waals surface area (Å²) in [4.78, 5) is 21.0. The lowest BCUT2D eigenvalue weighted by atomic mass is 10.2. The molecule has 3 heterocycles. The van der Waals surface area contributed by atoms with Crippen LogP contribution in [0.5, 0.6) is 0 Å². The van der Waals surface area contributed by atoms with Crippen molar-refractivity contribution < 1.29 is 4.79 Å². The van der Waals surface area contributed by atoms with Crippen LogP contribution >= 0.6 is 57.2 Å². The molecule has 3 aromatic rings. The predicted molar refractivity (Wildman–Crippen MR) is 104 cm³/mol.